The molecule has 0 bridgehead atoms. The minimum absolute atomic E-state index is 0.0378. The Morgan fingerprint density at radius 1 is 1.26 bits per heavy atom. The molecule has 1 aliphatic heterocycles. The first kappa shape index (κ1) is 23.6. The highest BCUT2D eigenvalue weighted by Crippen LogP contribution is 2.37. The average Bonchev–Trinajstić information content (AvgIpc) is 3.50. The van der Waals surface area contributed by atoms with Gasteiger partial charge in [0.25, 0.3) is 0 Å². The molecule has 3 heterocycles. The van der Waals surface area contributed by atoms with E-state index in [1.807, 2.05) is 23.7 Å². The first-order chi connectivity index (χ1) is 16.2. The van der Waals surface area contributed by atoms with Crippen LogP contribution < -0.4 is 4.74 Å². The third kappa shape index (κ3) is 4.95. The molecular formula is C22H26BrFN6O3S. The van der Waals surface area contributed by atoms with E-state index in [2.05, 4.69) is 36.1 Å². The van der Waals surface area contributed by atoms with E-state index >= 15 is 0 Å². The van der Waals surface area contributed by atoms with Gasteiger partial charge >= 0.3 is 0 Å². The summed E-state index contributed by atoms with van der Waals surface area (Å²) in [5.74, 6) is 1.03. The number of sulfonamides is 1. The molecule has 0 radical (unpaired) electrons. The summed E-state index contributed by atoms with van der Waals surface area (Å²) < 4.78 is 48.1. The Hall–Kier alpha value is -2.15. The normalized spacial score (nSPS) is 20.2. The zero-order valence-corrected chi connectivity index (χ0v) is 21.4. The molecule has 1 saturated carbocycles. The maximum absolute atomic E-state index is 14.1. The SMILES string of the molecule is C[C@@H]1CN(S(C)(=O)=O)CCN1Cc1cc(F)cnc1Oc1ccc2c(nnn2CC2CC2)c1Br. The highest BCUT2D eigenvalue weighted by molar-refractivity contribution is 9.10. The zero-order valence-electron chi connectivity index (χ0n) is 19.0. The minimum atomic E-state index is -3.24. The summed E-state index contributed by atoms with van der Waals surface area (Å²) in [6, 6.07) is 5.13. The lowest BCUT2D eigenvalue weighted by atomic mass is 10.1. The zero-order chi connectivity index (χ0) is 24.0. The van der Waals surface area contributed by atoms with Gasteiger partial charge in [0.1, 0.15) is 17.1 Å². The van der Waals surface area contributed by atoms with E-state index in [1.54, 1.807) is 0 Å². The van der Waals surface area contributed by atoms with E-state index < -0.39 is 15.8 Å². The van der Waals surface area contributed by atoms with E-state index in [9.17, 15) is 12.8 Å². The number of fused-ring (bicyclic) bond motifs is 1. The van der Waals surface area contributed by atoms with E-state index in [4.69, 9.17) is 4.74 Å². The Bertz CT molecular complexity index is 1330. The number of pyridine rings is 1. The van der Waals surface area contributed by atoms with Crippen LogP contribution in [-0.2, 0) is 23.1 Å². The molecular weight excluding hydrogens is 527 g/mol. The molecule has 2 aliphatic rings. The predicted octanol–water partition coefficient (Wildman–Crippen LogP) is 3.40. The lowest BCUT2D eigenvalue weighted by molar-refractivity contribution is 0.121. The van der Waals surface area contributed by atoms with Crippen molar-refractivity contribution in [3.8, 4) is 11.6 Å². The van der Waals surface area contributed by atoms with Gasteiger partial charge in [-0.05, 0) is 59.8 Å². The van der Waals surface area contributed by atoms with Crippen molar-refractivity contribution < 1.29 is 17.5 Å². The molecule has 0 spiro atoms. The summed E-state index contributed by atoms with van der Waals surface area (Å²) in [4.78, 5) is 6.30. The molecule has 3 aromatic rings. The van der Waals surface area contributed by atoms with Crippen molar-refractivity contribution in [1.29, 1.82) is 0 Å². The first-order valence-corrected chi connectivity index (χ1v) is 13.9. The van der Waals surface area contributed by atoms with Gasteiger partial charge in [0.05, 0.1) is 22.4 Å². The molecule has 0 N–H and O–H groups in total. The molecule has 1 aromatic carbocycles. The molecule has 9 nitrogen and oxygen atoms in total. The Labute approximate surface area is 206 Å². The van der Waals surface area contributed by atoms with Gasteiger partial charge in [0, 0.05) is 44.3 Å². The van der Waals surface area contributed by atoms with Crippen LogP contribution in [0.4, 0.5) is 4.39 Å². The van der Waals surface area contributed by atoms with Crippen molar-refractivity contribution in [2.24, 2.45) is 5.92 Å². The second kappa shape index (κ2) is 9.14. The van der Waals surface area contributed by atoms with Crippen molar-refractivity contribution in [3.63, 3.8) is 0 Å². The lowest BCUT2D eigenvalue weighted by Crippen LogP contribution is -2.52. The van der Waals surface area contributed by atoms with Crippen molar-refractivity contribution >= 4 is 37.0 Å². The number of benzene rings is 1. The number of halogens is 2. The Kier molecular flexibility index (Phi) is 6.34. The predicted molar refractivity (Wildman–Crippen MR) is 129 cm³/mol. The Morgan fingerprint density at radius 3 is 2.76 bits per heavy atom. The summed E-state index contributed by atoms with van der Waals surface area (Å²) in [7, 11) is -3.24. The highest BCUT2D eigenvalue weighted by Gasteiger charge is 2.29. The molecule has 0 unspecified atom stereocenters. The summed E-state index contributed by atoms with van der Waals surface area (Å²) in [5, 5.41) is 8.60. The lowest BCUT2D eigenvalue weighted by Gasteiger charge is -2.38. The molecule has 2 fully saturated rings. The largest absolute Gasteiger partial charge is 0.437 e. The molecule has 1 aliphatic carbocycles. The van der Waals surface area contributed by atoms with Gasteiger partial charge in [-0.1, -0.05) is 5.21 Å². The van der Waals surface area contributed by atoms with Crippen LogP contribution >= 0.6 is 15.9 Å². The monoisotopic (exact) mass is 552 g/mol. The van der Waals surface area contributed by atoms with Crippen LogP contribution in [0.3, 0.4) is 0 Å². The van der Waals surface area contributed by atoms with E-state index in [0.29, 0.717) is 59.3 Å². The van der Waals surface area contributed by atoms with Gasteiger partial charge in [-0.3, -0.25) is 4.90 Å². The number of piperazine rings is 1. The molecule has 5 rings (SSSR count). The Balaban J connectivity index is 1.37. The third-order valence-corrected chi connectivity index (χ3v) is 8.42. The molecule has 2 aromatic heterocycles. The molecule has 12 heteroatoms. The van der Waals surface area contributed by atoms with Crippen molar-refractivity contribution in [1.82, 2.24) is 29.2 Å². The fraction of sp³-hybridized carbons (Fsp3) is 0.500. The standard InChI is InChI=1S/C22H26BrFN6O3S/c1-14-11-29(34(2,31)32)8-7-28(14)13-16-9-17(24)10-25-22(16)33-19-6-5-18-21(20(19)23)26-27-30(18)12-15-3-4-15/h5-6,9-10,14-15H,3-4,7-8,11-13H2,1-2H3/t14-/m1/s1. The fourth-order valence-corrected chi connectivity index (χ4v) is 5.63. The van der Waals surface area contributed by atoms with E-state index in [1.165, 1.54) is 29.5 Å². The van der Waals surface area contributed by atoms with Gasteiger partial charge in [-0.15, -0.1) is 5.10 Å². The molecule has 1 atom stereocenters. The average molecular weight is 553 g/mol. The summed E-state index contributed by atoms with van der Waals surface area (Å²) in [6.45, 7) is 4.51. The van der Waals surface area contributed by atoms with E-state index in [0.717, 1.165) is 18.3 Å². The topological polar surface area (TPSA) is 93.5 Å². The molecule has 1 saturated heterocycles. The smallest absolute Gasteiger partial charge is 0.223 e. The second-order valence-corrected chi connectivity index (χ2v) is 11.9. The van der Waals surface area contributed by atoms with Crippen molar-refractivity contribution in [3.05, 3.63) is 40.2 Å². The molecule has 182 valence electrons. The van der Waals surface area contributed by atoms with Gasteiger partial charge in [0.2, 0.25) is 15.9 Å². The first-order valence-electron chi connectivity index (χ1n) is 11.2. The quantitative estimate of drug-likeness (QED) is 0.443. The van der Waals surface area contributed by atoms with Crippen LogP contribution in [0.5, 0.6) is 11.6 Å². The number of ether oxygens (including phenoxy) is 1. The Morgan fingerprint density at radius 2 is 2.06 bits per heavy atom. The van der Waals surface area contributed by atoms with Crippen LogP contribution in [0.2, 0.25) is 0 Å². The number of nitrogens with zero attached hydrogens (tertiary/aromatic N) is 6. The molecule has 0 amide bonds. The highest BCUT2D eigenvalue weighted by atomic mass is 79.9. The van der Waals surface area contributed by atoms with Crippen LogP contribution in [0, 0.1) is 11.7 Å². The maximum atomic E-state index is 14.1. The van der Waals surface area contributed by atoms with Gasteiger partial charge in [0.15, 0.2) is 0 Å². The van der Waals surface area contributed by atoms with Crippen LogP contribution in [0.25, 0.3) is 11.0 Å². The van der Waals surface area contributed by atoms with Crippen molar-refractivity contribution in [2.45, 2.75) is 38.9 Å². The van der Waals surface area contributed by atoms with Crippen LogP contribution in [-0.4, -0.2) is 69.5 Å². The second-order valence-electron chi connectivity index (χ2n) is 9.12. The van der Waals surface area contributed by atoms with Gasteiger partial charge < -0.3 is 4.74 Å². The van der Waals surface area contributed by atoms with E-state index in [-0.39, 0.29) is 6.04 Å². The van der Waals surface area contributed by atoms with Crippen LogP contribution in [0.15, 0.2) is 28.9 Å². The minimum Gasteiger partial charge on any atom is -0.437 e. The summed E-state index contributed by atoms with van der Waals surface area (Å²) in [6.07, 6.45) is 4.80. The number of hydrogen-bond acceptors (Lipinski definition) is 7. The number of rotatable bonds is 7. The third-order valence-electron chi connectivity index (χ3n) is 6.39. The number of aromatic nitrogens is 4. The number of hydrogen-bond donors (Lipinski definition) is 0. The molecule has 34 heavy (non-hydrogen) atoms. The van der Waals surface area contributed by atoms with Gasteiger partial charge in [-0.25, -0.2) is 22.5 Å². The maximum Gasteiger partial charge on any atom is 0.223 e. The van der Waals surface area contributed by atoms with Gasteiger partial charge in [-0.2, -0.15) is 4.31 Å². The fourth-order valence-electron chi connectivity index (χ4n) is 4.24. The summed E-state index contributed by atoms with van der Waals surface area (Å²) >= 11 is 3.59. The van der Waals surface area contributed by atoms with Crippen molar-refractivity contribution in [2.75, 3.05) is 25.9 Å². The van der Waals surface area contributed by atoms with Crippen LogP contribution in [0.1, 0.15) is 25.3 Å². The summed E-state index contributed by atoms with van der Waals surface area (Å²) in [5.41, 5.74) is 2.22.